The van der Waals surface area contributed by atoms with E-state index in [0.29, 0.717) is 5.75 Å². The van der Waals surface area contributed by atoms with Gasteiger partial charge in [-0.3, -0.25) is 4.79 Å². The molecule has 1 aromatic rings. The summed E-state index contributed by atoms with van der Waals surface area (Å²) in [4.78, 5) is 11.3. The third kappa shape index (κ3) is 2.14. The number of hydrogen-bond donors (Lipinski definition) is 2. The van der Waals surface area contributed by atoms with Crippen molar-refractivity contribution in [1.29, 1.82) is 0 Å². The molecule has 3 heteroatoms. The van der Waals surface area contributed by atoms with E-state index in [0.717, 1.165) is 29.0 Å². The minimum Gasteiger partial charge on any atom is -0.508 e. The first-order chi connectivity index (χ1) is 10.0. The van der Waals surface area contributed by atoms with Crippen molar-refractivity contribution >= 4 is 11.6 Å². The average Bonchev–Trinajstić information content (AvgIpc) is 2.38. The number of amides is 1. The number of carbonyl (C=O) groups is 1. The molecule has 4 aliphatic carbocycles. The van der Waals surface area contributed by atoms with Gasteiger partial charge < -0.3 is 10.4 Å². The fraction of sp³-hybridized carbons (Fsp3) is 0.611. The van der Waals surface area contributed by atoms with Gasteiger partial charge in [0.05, 0.1) is 0 Å². The Morgan fingerprint density at radius 3 is 2.24 bits per heavy atom. The monoisotopic (exact) mass is 285 g/mol. The Balaban J connectivity index is 1.73. The van der Waals surface area contributed by atoms with E-state index >= 15 is 0 Å². The quantitative estimate of drug-likeness (QED) is 0.812. The van der Waals surface area contributed by atoms with Gasteiger partial charge in [0, 0.05) is 18.2 Å². The highest BCUT2D eigenvalue weighted by molar-refractivity contribution is 5.88. The van der Waals surface area contributed by atoms with E-state index in [4.69, 9.17) is 0 Å². The summed E-state index contributed by atoms with van der Waals surface area (Å²) in [5.74, 6) is 2.89. The SMILES string of the molecule is CC(=O)Nc1ccc(O)c(C23CC4CC(CC(C4)C2)C3)c1. The van der Waals surface area contributed by atoms with Gasteiger partial charge in [0.25, 0.3) is 0 Å². The van der Waals surface area contributed by atoms with Crippen LogP contribution < -0.4 is 5.32 Å². The summed E-state index contributed by atoms with van der Waals surface area (Å²) in [7, 11) is 0. The smallest absolute Gasteiger partial charge is 0.221 e. The Morgan fingerprint density at radius 2 is 1.71 bits per heavy atom. The van der Waals surface area contributed by atoms with Gasteiger partial charge in [-0.2, -0.15) is 0 Å². The molecule has 21 heavy (non-hydrogen) atoms. The largest absolute Gasteiger partial charge is 0.508 e. The highest BCUT2D eigenvalue weighted by Gasteiger charge is 2.52. The van der Waals surface area contributed by atoms with Crippen molar-refractivity contribution in [2.75, 3.05) is 5.32 Å². The zero-order valence-corrected chi connectivity index (χ0v) is 12.6. The van der Waals surface area contributed by atoms with Crippen molar-refractivity contribution in [3.05, 3.63) is 23.8 Å². The second-order valence-corrected chi connectivity index (χ2v) is 7.61. The van der Waals surface area contributed by atoms with Crippen molar-refractivity contribution in [3.8, 4) is 5.75 Å². The maximum Gasteiger partial charge on any atom is 0.221 e. The molecule has 4 saturated carbocycles. The van der Waals surface area contributed by atoms with Crippen LogP contribution in [0.15, 0.2) is 18.2 Å². The molecule has 0 saturated heterocycles. The van der Waals surface area contributed by atoms with Gasteiger partial charge in [0.1, 0.15) is 5.75 Å². The first-order valence-electron chi connectivity index (χ1n) is 8.15. The maximum absolute atomic E-state index is 11.3. The number of rotatable bonds is 2. The van der Waals surface area contributed by atoms with Crippen LogP contribution >= 0.6 is 0 Å². The van der Waals surface area contributed by atoms with Crippen LogP contribution in [-0.2, 0) is 10.2 Å². The topological polar surface area (TPSA) is 49.3 Å². The number of anilines is 1. The minimum absolute atomic E-state index is 0.0582. The van der Waals surface area contributed by atoms with Crippen LogP contribution in [0.4, 0.5) is 5.69 Å². The number of nitrogens with one attached hydrogen (secondary N) is 1. The molecule has 0 atom stereocenters. The van der Waals surface area contributed by atoms with Crippen LogP contribution in [0.1, 0.15) is 51.0 Å². The first-order valence-corrected chi connectivity index (χ1v) is 8.15. The molecular formula is C18H23NO2. The van der Waals surface area contributed by atoms with Crippen molar-refractivity contribution in [2.45, 2.75) is 50.9 Å². The third-order valence-corrected chi connectivity index (χ3v) is 5.93. The van der Waals surface area contributed by atoms with Gasteiger partial charge in [-0.05, 0) is 79.9 Å². The van der Waals surface area contributed by atoms with Crippen LogP contribution in [0.25, 0.3) is 0 Å². The molecule has 4 aliphatic rings. The van der Waals surface area contributed by atoms with E-state index in [1.807, 2.05) is 6.07 Å². The van der Waals surface area contributed by atoms with E-state index in [1.165, 1.54) is 45.4 Å². The van der Waals surface area contributed by atoms with Gasteiger partial charge in [0.2, 0.25) is 5.91 Å². The lowest BCUT2D eigenvalue weighted by molar-refractivity contribution is -0.114. The second kappa shape index (κ2) is 4.49. The molecule has 2 N–H and O–H groups in total. The molecule has 0 heterocycles. The van der Waals surface area contributed by atoms with E-state index in [-0.39, 0.29) is 11.3 Å². The number of hydrogen-bond acceptors (Lipinski definition) is 2. The lowest BCUT2D eigenvalue weighted by Gasteiger charge is -2.57. The predicted octanol–water partition coefficient (Wildman–Crippen LogP) is 3.82. The Kier molecular flexibility index (Phi) is 2.82. The van der Waals surface area contributed by atoms with Crippen molar-refractivity contribution in [1.82, 2.24) is 0 Å². The molecule has 0 aromatic heterocycles. The number of aromatic hydroxyl groups is 1. The predicted molar refractivity (Wildman–Crippen MR) is 82.3 cm³/mol. The number of phenolic OH excluding ortho intramolecular Hbond substituents is 1. The highest BCUT2D eigenvalue weighted by Crippen LogP contribution is 2.61. The van der Waals surface area contributed by atoms with Crippen LogP contribution in [-0.4, -0.2) is 11.0 Å². The molecular weight excluding hydrogens is 262 g/mol. The molecule has 112 valence electrons. The normalized spacial score (nSPS) is 36.7. The van der Waals surface area contributed by atoms with Gasteiger partial charge in [-0.1, -0.05) is 0 Å². The van der Waals surface area contributed by atoms with Crippen LogP contribution in [0, 0.1) is 17.8 Å². The summed E-state index contributed by atoms with van der Waals surface area (Å²) in [6.45, 7) is 1.53. The summed E-state index contributed by atoms with van der Waals surface area (Å²) >= 11 is 0. The van der Waals surface area contributed by atoms with Crippen LogP contribution in [0.2, 0.25) is 0 Å². The van der Waals surface area contributed by atoms with Gasteiger partial charge in [0.15, 0.2) is 0 Å². The number of phenols is 1. The van der Waals surface area contributed by atoms with Crippen molar-refractivity contribution in [3.63, 3.8) is 0 Å². The van der Waals surface area contributed by atoms with E-state index in [9.17, 15) is 9.90 Å². The molecule has 4 bridgehead atoms. The average molecular weight is 285 g/mol. The maximum atomic E-state index is 11.3. The van der Waals surface area contributed by atoms with Gasteiger partial charge in [-0.25, -0.2) is 0 Å². The van der Waals surface area contributed by atoms with Crippen LogP contribution in [0.3, 0.4) is 0 Å². The lowest BCUT2D eigenvalue weighted by atomic mass is 9.48. The summed E-state index contributed by atoms with van der Waals surface area (Å²) in [6.07, 6.45) is 7.84. The Hall–Kier alpha value is -1.51. The molecule has 0 unspecified atom stereocenters. The fourth-order valence-electron chi connectivity index (χ4n) is 5.68. The van der Waals surface area contributed by atoms with Crippen molar-refractivity contribution < 1.29 is 9.90 Å². The summed E-state index contributed by atoms with van der Waals surface area (Å²) < 4.78 is 0. The summed E-state index contributed by atoms with van der Waals surface area (Å²) in [5, 5.41) is 13.3. The molecule has 1 amide bonds. The van der Waals surface area contributed by atoms with Gasteiger partial charge >= 0.3 is 0 Å². The third-order valence-electron chi connectivity index (χ3n) is 5.93. The molecule has 0 radical (unpaired) electrons. The highest BCUT2D eigenvalue weighted by atomic mass is 16.3. The Labute approximate surface area is 125 Å². The van der Waals surface area contributed by atoms with Crippen molar-refractivity contribution in [2.24, 2.45) is 17.8 Å². The Bertz CT molecular complexity index is 558. The molecule has 4 fully saturated rings. The number of benzene rings is 1. The molecule has 1 aromatic carbocycles. The zero-order valence-electron chi connectivity index (χ0n) is 12.6. The molecule has 0 aliphatic heterocycles. The lowest BCUT2D eigenvalue weighted by Crippen LogP contribution is -2.48. The standard InChI is InChI=1S/C18H23NO2/c1-11(20)19-15-2-3-17(21)16(7-15)18-8-12-4-13(9-18)6-14(5-12)10-18/h2-3,7,12-14,21H,4-6,8-10H2,1H3,(H,19,20). The molecule has 5 rings (SSSR count). The van der Waals surface area contributed by atoms with E-state index in [1.54, 1.807) is 12.1 Å². The van der Waals surface area contributed by atoms with E-state index < -0.39 is 0 Å². The minimum atomic E-state index is -0.0582. The zero-order chi connectivity index (χ0) is 14.6. The first kappa shape index (κ1) is 13.2. The summed E-state index contributed by atoms with van der Waals surface area (Å²) in [6, 6.07) is 5.56. The second-order valence-electron chi connectivity index (χ2n) is 7.61. The number of carbonyl (C=O) groups excluding carboxylic acids is 1. The summed E-state index contributed by atoms with van der Waals surface area (Å²) in [5.41, 5.74) is 2.05. The van der Waals surface area contributed by atoms with Gasteiger partial charge in [-0.15, -0.1) is 0 Å². The van der Waals surface area contributed by atoms with E-state index in [2.05, 4.69) is 5.32 Å². The van der Waals surface area contributed by atoms with Crippen LogP contribution in [0.5, 0.6) is 5.75 Å². The Morgan fingerprint density at radius 1 is 1.14 bits per heavy atom. The molecule has 0 spiro atoms. The molecule has 3 nitrogen and oxygen atoms in total. The fourth-order valence-corrected chi connectivity index (χ4v) is 5.68.